The van der Waals surface area contributed by atoms with Crippen molar-refractivity contribution >= 4 is 5.97 Å². The van der Waals surface area contributed by atoms with Crippen LogP contribution in [0, 0.1) is 0 Å². The lowest BCUT2D eigenvalue weighted by Gasteiger charge is -2.33. The summed E-state index contributed by atoms with van der Waals surface area (Å²) in [4.78, 5) is 11.1. The third-order valence-corrected chi connectivity index (χ3v) is 4.15. The number of halogens is 1. The summed E-state index contributed by atoms with van der Waals surface area (Å²) in [5, 5.41) is 0. The number of hydrogen-bond acceptors (Lipinski definition) is 7. The first-order valence-corrected chi connectivity index (χ1v) is 7.68. The molecule has 3 aliphatic heterocycles. The van der Waals surface area contributed by atoms with Crippen LogP contribution in [0.3, 0.4) is 0 Å². The van der Waals surface area contributed by atoms with Gasteiger partial charge < -0.3 is 28.4 Å². The van der Waals surface area contributed by atoms with Crippen LogP contribution >= 0.6 is 0 Å². The third-order valence-electron chi connectivity index (χ3n) is 4.15. The van der Waals surface area contributed by atoms with Crippen LogP contribution in [0.4, 0.5) is 4.39 Å². The second kappa shape index (κ2) is 5.35. The summed E-state index contributed by atoms with van der Waals surface area (Å²) in [5.74, 6) is -2.37. The van der Waals surface area contributed by atoms with Crippen molar-refractivity contribution in [3.63, 3.8) is 0 Å². The van der Waals surface area contributed by atoms with Gasteiger partial charge in [0, 0.05) is 6.92 Å². The van der Waals surface area contributed by atoms with Gasteiger partial charge in [-0.2, -0.15) is 0 Å². The molecule has 0 bridgehead atoms. The minimum atomic E-state index is -2.08. The Morgan fingerprint density at radius 2 is 1.83 bits per heavy atom. The second-order valence-corrected chi connectivity index (χ2v) is 7.06. The molecule has 132 valence electrons. The quantitative estimate of drug-likeness (QED) is 0.720. The highest BCUT2D eigenvalue weighted by Gasteiger charge is 2.68. The molecule has 3 fully saturated rings. The van der Waals surface area contributed by atoms with Crippen molar-refractivity contribution in [1.29, 1.82) is 0 Å². The first-order chi connectivity index (χ1) is 10.5. The average molecular weight is 334 g/mol. The smallest absolute Gasteiger partial charge is 0.302 e. The molecule has 5 atom stereocenters. The summed E-state index contributed by atoms with van der Waals surface area (Å²) in [6.45, 7) is 7.73. The lowest BCUT2D eigenvalue weighted by Crippen LogP contribution is -2.54. The highest BCUT2D eigenvalue weighted by molar-refractivity contribution is 5.66. The van der Waals surface area contributed by atoms with Crippen LogP contribution in [-0.4, -0.2) is 61.0 Å². The number of hydrogen-bond donors (Lipinski definition) is 0. The van der Waals surface area contributed by atoms with E-state index < -0.39 is 54.4 Å². The largest absolute Gasteiger partial charge is 0.462 e. The molecule has 23 heavy (non-hydrogen) atoms. The van der Waals surface area contributed by atoms with Gasteiger partial charge in [-0.25, -0.2) is 4.39 Å². The average Bonchev–Trinajstić information content (AvgIpc) is 2.99. The maximum absolute atomic E-state index is 15.8. The van der Waals surface area contributed by atoms with Crippen molar-refractivity contribution < 1.29 is 37.6 Å². The summed E-state index contributed by atoms with van der Waals surface area (Å²) in [5.41, 5.74) is -2.08. The topological polar surface area (TPSA) is 72.5 Å². The zero-order chi connectivity index (χ0) is 17.0. The Labute approximate surface area is 134 Å². The zero-order valence-electron chi connectivity index (χ0n) is 14.0. The predicted molar refractivity (Wildman–Crippen MR) is 74.1 cm³/mol. The molecule has 0 amide bonds. The van der Waals surface area contributed by atoms with Gasteiger partial charge in [0.15, 0.2) is 24.0 Å². The van der Waals surface area contributed by atoms with E-state index in [-0.39, 0.29) is 6.61 Å². The SMILES string of the molecule is CC(=O)OC[C@]1(F)[C@@H]([C@@H]2COC(C)(C)O2)O[C@@H]2OC(C)(C)O[C@@H]21. The van der Waals surface area contributed by atoms with Gasteiger partial charge in [0.05, 0.1) is 6.61 Å². The van der Waals surface area contributed by atoms with Crippen LogP contribution in [-0.2, 0) is 33.2 Å². The Bertz CT molecular complexity index is 494. The maximum Gasteiger partial charge on any atom is 0.302 e. The Hall–Kier alpha value is -0.800. The van der Waals surface area contributed by atoms with E-state index in [9.17, 15) is 4.79 Å². The van der Waals surface area contributed by atoms with Crippen molar-refractivity contribution in [2.75, 3.05) is 13.2 Å². The molecule has 3 aliphatic rings. The Kier molecular flexibility index (Phi) is 3.97. The number of rotatable bonds is 3. The maximum atomic E-state index is 15.8. The zero-order valence-corrected chi connectivity index (χ0v) is 14.0. The molecule has 0 aromatic carbocycles. The van der Waals surface area contributed by atoms with Crippen molar-refractivity contribution in [2.24, 2.45) is 0 Å². The third kappa shape index (κ3) is 3.10. The first-order valence-electron chi connectivity index (χ1n) is 7.68. The molecule has 3 saturated heterocycles. The van der Waals surface area contributed by atoms with E-state index in [1.165, 1.54) is 6.92 Å². The normalized spacial score (nSPS) is 44.3. The number of carbonyl (C=O) groups is 1. The minimum absolute atomic E-state index is 0.173. The molecule has 8 heteroatoms. The molecule has 0 N–H and O–H groups in total. The number of carbonyl (C=O) groups excluding carboxylic acids is 1. The predicted octanol–water partition coefficient (Wildman–Crippen LogP) is 1.29. The van der Waals surface area contributed by atoms with E-state index in [2.05, 4.69) is 0 Å². The van der Waals surface area contributed by atoms with Crippen LogP contribution in [0.15, 0.2) is 0 Å². The first kappa shape index (κ1) is 17.0. The van der Waals surface area contributed by atoms with Crippen LogP contribution < -0.4 is 0 Å². The molecule has 0 saturated carbocycles. The van der Waals surface area contributed by atoms with E-state index >= 15 is 4.39 Å². The van der Waals surface area contributed by atoms with Gasteiger partial charge in [0.25, 0.3) is 0 Å². The Balaban J connectivity index is 1.83. The molecule has 0 spiro atoms. The van der Waals surface area contributed by atoms with Crippen LogP contribution in [0.2, 0.25) is 0 Å². The Morgan fingerprint density at radius 3 is 2.39 bits per heavy atom. The van der Waals surface area contributed by atoms with E-state index in [1.54, 1.807) is 27.7 Å². The summed E-state index contributed by atoms with van der Waals surface area (Å²) in [7, 11) is 0. The number of ether oxygens (including phenoxy) is 6. The van der Waals surface area contributed by atoms with Gasteiger partial charge in [-0.1, -0.05) is 0 Å². The van der Waals surface area contributed by atoms with E-state index in [1.807, 2.05) is 0 Å². The highest BCUT2D eigenvalue weighted by atomic mass is 19.1. The second-order valence-electron chi connectivity index (χ2n) is 7.06. The van der Waals surface area contributed by atoms with Crippen LogP contribution in [0.1, 0.15) is 34.6 Å². The fraction of sp³-hybridized carbons (Fsp3) is 0.933. The van der Waals surface area contributed by atoms with Crippen LogP contribution in [0.25, 0.3) is 0 Å². The lowest BCUT2D eigenvalue weighted by molar-refractivity contribution is -0.242. The number of fused-ring (bicyclic) bond motifs is 1. The highest BCUT2D eigenvalue weighted by Crippen LogP contribution is 2.48. The molecule has 0 aromatic rings. The molecular weight excluding hydrogens is 311 g/mol. The van der Waals surface area contributed by atoms with Gasteiger partial charge in [-0.3, -0.25) is 4.79 Å². The molecule has 0 radical (unpaired) electrons. The van der Waals surface area contributed by atoms with E-state index in [0.717, 1.165) is 0 Å². The van der Waals surface area contributed by atoms with E-state index in [4.69, 9.17) is 28.4 Å². The summed E-state index contributed by atoms with van der Waals surface area (Å²) in [6, 6.07) is 0. The summed E-state index contributed by atoms with van der Waals surface area (Å²) >= 11 is 0. The molecular formula is C15H23FO7. The molecule has 3 heterocycles. The molecule has 3 rings (SSSR count). The Morgan fingerprint density at radius 1 is 1.13 bits per heavy atom. The monoisotopic (exact) mass is 334 g/mol. The van der Waals surface area contributed by atoms with Gasteiger partial charge >= 0.3 is 5.97 Å². The lowest BCUT2D eigenvalue weighted by atomic mass is 9.92. The number of esters is 1. The van der Waals surface area contributed by atoms with Crippen molar-refractivity contribution in [1.82, 2.24) is 0 Å². The molecule has 0 unspecified atom stereocenters. The van der Waals surface area contributed by atoms with Crippen molar-refractivity contribution in [3.8, 4) is 0 Å². The fourth-order valence-electron chi connectivity index (χ4n) is 3.21. The van der Waals surface area contributed by atoms with Crippen molar-refractivity contribution in [2.45, 2.75) is 76.5 Å². The summed E-state index contributed by atoms with van der Waals surface area (Å²) in [6.07, 6.45) is -3.56. The van der Waals surface area contributed by atoms with Crippen LogP contribution in [0.5, 0.6) is 0 Å². The fourth-order valence-corrected chi connectivity index (χ4v) is 3.21. The van der Waals surface area contributed by atoms with Gasteiger partial charge in [-0.15, -0.1) is 0 Å². The van der Waals surface area contributed by atoms with Crippen molar-refractivity contribution in [3.05, 3.63) is 0 Å². The molecule has 7 nitrogen and oxygen atoms in total. The van der Waals surface area contributed by atoms with Gasteiger partial charge in [0.2, 0.25) is 5.67 Å². The van der Waals surface area contributed by atoms with Gasteiger partial charge in [-0.05, 0) is 27.7 Å². The molecule has 0 aromatic heterocycles. The van der Waals surface area contributed by atoms with Gasteiger partial charge in [0.1, 0.15) is 18.8 Å². The van der Waals surface area contributed by atoms with E-state index in [0.29, 0.717) is 0 Å². The molecule has 0 aliphatic carbocycles. The minimum Gasteiger partial charge on any atom is -0.462 e. The number of alkyl halides is 1. The standard InChI is InChI=1S/C15H23FO7/c1-8(17)18-7-15(16)10(9-6-19-13(2,3)21-9)20-12-11(15)22-14(4,5)23-12/h9-12H,6-7H2,1-5H3/t9-,10+,11-,12+,15-/m0/s1. The summed E-state index contributed by atoms with van der Waals surface area (Å²) < 4.78 is 48.9.